The molecule has 0 N–H and O–H groups in total. The normalized spacial score (nSPS) is 15.7. The first kappa shape index (κ1) is 15.6. The maximum atomic E-state index is 11.3. The summed E-state index contributed by atoms with van der Waals surface area (Å²) in [4.78, 5) is 24.3. The third-order valence-electron chi connectivity index (χ3n) is 3.57. The Labute approximate surface area is 128 Å². The maximum Gasteiger partial charge on any atom is 0.256 e. The number of carbonyl (C=O) groups excluding carboxylic acids is 2. The van der Waals surface area contributed by atoms with Crippen LogP contribution in [-0.2, 0) is 4.79 Å². The number of ether oxygens (including phenoxy) is 2. The molecule has 0 saturated carbocycles. The lowest BCUT2D eigenvalue weighted by atomic mass is 10.1. The van der Waals surface area contributed by atoms with Crippen LogP contribution in [0.4, 0.5) is 0 Å². The van der Waals surface area contributed by atoms with E-state index in [-0.39, 0.29) is 12.0 Å². The van der Waals surface area contributed by atoms with Crippen molar-refractivity contribution in [1.82, 2.24) is 4.90 Å². The average molecular weight is 312 g/mol. The van der Waals surface area contributed by atoms with Crippen LogP contribution in [-0.4, -0.2) is 42.4 Å². The first-order valence-corrected chi connectivity index (χ1v) is 7.19. The van der Waals surface area contributed by atoms with E-state index in [0.717, 1.165) is 12.8 Å². The number of piperidine rings is 1. The molecule has 1 aromatic rings. The molecular weight excluding hydrogens is 294 g/mol. The number of carbonyl (C=O) groups is 2. The number of likely N-dealkylation sites (tertiary alicyclic amines) is 1. The molecule has 0 atom stereocenters. The van der Waals surface area contributed by atoms with Gasteiger partial charge in [0, 0.05) is 38.9 Å². The first-order valence-electron chi connectivity index (χ1n) is 6.81. The fourth-order valence-corrected chi connectivity index (χ4v) is 2.54. The van der Waals surface area contributed by atoms with Crippen molar-refractivity contribution < 1.29 is 19.1 Å². The second-order valence-electron chi connectivity index (χ2n) is 4.96. The molecular formula is C15H18ClNO4. The number of hydrogen-bond donors (Lipinski definition) is 0. The second-order valence-corrected chi connectivity index (χ2v) is 5.30. The molecule has 1 saturated heterocycles. The topological polar surface area (TPSA) is 55.8 Å². The highest BCUT2D eigenvalue weighted by Crippen LogP contribution is 2.28. The van der Waals surface area contributed by atoms with Crippen LogP contribution in [0.5, 0.6) is 11.5 Å². The van der Waals surface area contributed by atoms with Gasteiger partial charge in [0.2, 0.25) is 5.91 Å². The number of methoxy groups -OCH3 is 1. The van der Waals surface area contributed by atoms with Crippen LogP contribution < -0.4 is 9.47 Å². The minimum absolute atomic E-state index is 0.0582. The van der Waals surface area contributed by atoms with Gasteiger partial charge in [-0.3, -0.25) is 9.59 Å². The molecule has 21 heavy (non-hydrogen) atoms. The van der Waals surface area contributed by atoms with Gasteiger partial charge in [-0.05, 0) is 23.7 Å². The SMILES string of the molecule is COc1cc(OC2CCN(C(C)=O)CC2)ccc1C(=O)Cl. The zero-order chi connectivity index (χ0) is 15.4. The number of benzene rings is 1. The van der Waals surface area contributed by atoms with E-state index < -0.39 is 5.24 Å². The molecule has 1 aliphatic rings. The predicted molar refractivity (Wildman–Crippen MR) is 79.1 cm³/mol. The molecule has 0 radical (unpaired) electrons. The van der Waals surface area contributed by atoms with E-state index in [0.29, 0.717) is 30.2 Å². The van der Waals surface area contributed by atoms with E-state index in [4.69, 9.17) is 21.1 Å². The number of nitrogens with zero attached hydrogens (tertiary/aromatic N) is 1. The number of halogens is 1. The van der Waals surface area contributed by atoms with Crippen LogP contribution in [0.15, 0.2) is 18.2 Å². The molecule has 1 aromatic carbocycles. The van der Waals surface area contributed by atoms with Crippen molar-refractivity contribution in [2.75, 3.05) is 20.2 Å². The summed E-state index contributed by atoms with van der Waals surface area (Å²) < 4.78 is 11.0. The quantitative estimate of drug-likeness (QED) is 0.802. The van der Waals surface area contributed by atoms with E-state index in [2.05, 4.69) is 0 Å². The van der Waals surface area contributed by atoms with Crippen molar-refractivity contribution in [2.45, 2.75) is 25.9 Å². The second kappa shape index (κ2) is 6.80. The Morgan fingerprint density at radius 2 is 1.95 bits per heavy atom. The summed E-state index contributed by atoms with van der Waals surface area (Å²) in [5.74, 6) is 1.13. The Bertz CT molecular complexity index is 538. The Morgan fingerprint density at radius 3 is 2.48 bits per heavy atom. The van der Waals surface area contributed by atoms with Gasteiger partial charge in [-0.15, -0.1) is 0 Å². The highest BCUT2D eigenvalue weighted by Gasteiger charge is 2.22. The zero-order valence-corrected chi connectivity index (χ0v) is 12.9. The summed E-state index contributed by atoms with van der Waals surface area (Å²) in [6, 6.07) is 4.96. The lowest BCUT2D eigenvalue weighted by Gasteiger charge is -2.31. The number of hydrogen-bond acceptors (Lipinski definition) is 4. The van der Waals surface area contributed by atoms with Crippen LogP contribution >= 0.6 is 11.6 Å². The molecule has 0 aromatic heterocycles. The van der Waals surface area contributed by atoms with Crippen molar-refractivity contribution in [1.29, 1.82) is 0 Å². The van der Waals surface area contributed by atoms with Gasteiger partial charge >= 0.3 is 0 Å². The molecule has 1 heterocycles. The minimum Gasteiger partial charge on any atom is -0.496 e. The zero-order valence-electron chi connectivity index (χ0n) is 12.1. The summed E-state index contributed by atoms with van der Waals surface area (Å²) >= 11 is 5.48. The molecule has 114 valence electrons. The summed E-state index contributed by atoms with van der Waals surface area (Å²) in [7, 11) is 1.48. The third-order valence-corrected chi connectivity index (χ3v) is 3.78. The van der Waals surface area contributed by atoms with Crippen molar-refractivity contribution in [3.05, 3.63) is 23.8 Å². The van der Waals surface area contributed by atoms with Gasteiger partial charge in [0.15, 0.2) is 0 Å². The lowest BCUT2D eigenvalue weighted by Crippen LogP contribution is -2.40. The number of rotatable bonds is 4. The highest BCUT2D eigenvalue weighted by molar-refractivity contribution is 6.68. The molecule has 2 rings (SSSR count). The largest absolute Gasteiger partial charge is 0.496 e. The maximum absolute atomic E-state index is 11.3. The highest BCUT2D eigenvalue weighted by atomic mass is 35.5. The summed E-state index contributed by atoms with van der Waals surface area (Å²) in [6.45, 7) is 2.98. The third kappa shape index (κ3) is 3.88. The Hall–Kier alpha value is -1.75. The molecule has 5 nitrogen and oxygen atoms in total. The molecule has 0 aliphatic carbocycles. The summed E-state index contributed by atoms with van der Waals surface area (Å²) in [5, 5.41) is -0.562. The van der Waals surface area contributed by atoms with Crippen LogP contribution in [0.3, 0.4) is 0 Å². The predicted octanol–water partition coefficient (Wildman–Crippen LogP) is 2.46. The fraction of sp³-hybridized carbons (Fsp3) is 0.467. The first-order chi connectivity index (χ1) is 10.0. The molecule has 0 unspecified atom stereocenters. The molecule has 1 fully saturated rings. The van der Waals surface area contributed by atoms with Gasteiger partial charge in [-0.2, -0.15) is 0 Å². The van der Waals surface area contributed by atoms with Crippen LogP contribution in [0, 0.1) is 0 Å². The molecule has 1 aliphatic heterocycles. The molecule has 6 heteroatoms. The van der Waals surface area contributed by atoms with Crippen molar-refractivity contribution in [3.63, 3.8) is 0 Å². The van der Waals surface area contributed by atoms with Gasteiger partial charge in [-0.25, -0.2) is 0 Å². The van der Waals surface area contributed by atoms with Gasteiger partial charge in [-0.1, -0.05) is 0 Å². The lowest BCUT2D eigenvalue weighted by molar-refractivity contribution is -0.130. The Kier molecular flexibility index (Phi) is 5.07. The van der Waals surface area contributed by atoms with E-state index in [9.17, 15) is 9.59 Å². The van der Waals surface area contributed by atoms with Gasteiger partial charge in [0.25, 0.3) is 5.24 Å². The minimum atomic E-state index is -0.562. The van der Waals surface area contributed by atoms with E-state index in [1.807, 2.05) is 4.90 Å². The molecule has 1 amide bonds. The van der Waals surface area contributed by atoms with Crippen molar-refractivity contribution in [2.24, 2.45) is 0 Å². The van der Waals surface area contributed by atoms with Gasteiger partial charge < -0.3 is 14.4 Å². The smallest absolute Gasteiger partial charge is 0.256 e. The van der Waals surface area contributed by atoms with Crippen LogP contribution in [0.25, 0.3) is 0 Å². The summed E-state index contributed by atoms with van der Waals surface area (Å²) in [6.07, 6.45) is 1.64. The van der Waals surface area contributed by atoms with Crippen molar-refractivity contribution >= 4 is 22.8 Å². The molecule has 0 bridgehead atoms. The Balaban J connectivity index is 2.01. The van der Waals surface area contributed by atoms with Crippen LogP contribution in [0.1, 0.15) is 30.1 Å². The standard InChI is InChI=1S/C15H18ClNO4/c1-10(18)17-7-5-11(6-8-17)21-12-3-4-13(15(16)19)14(9-12)20-2/h3-4,9,11H,5-8H2,1-2H3. The van der Waals surface area contributed by atoms with E-state index in [1.54, 1.807) is 25.1 Å². The fourth-order valence-electron chi connectivity index (χ4n) is 2.39. The van der Waals surface area contributed by atoms with Crippen LogP contribution in [0.2, 0.25) is 0 Å². The monoisotopic (exact) mass is 311 g/mol. The summed E-state index contributed by atoms with van der Waals surface area (Å²) in [5.41, 5.74) is 0.318. The van der Waals surface area contributed by atoms with Crippen molar-refractivity contribution in [3.8, 4) is 11.5 Å². The average Bonchev–Trinajstić information content (AvgIpc) is 2.47. The van der Waals surface area contributed by atoms with Gasteiger partial charge in [0.1, 0.15) is 17.6 Å². The van der Waals surface area contributed by atoms with E-state index >= 15 is 0 Å². The molecule has 0 spiro atoms. The van der Waals surface area contributed by atoms with E-state index in [1.165, 1.54) is 7.11 Å². The Morgan fingerprint density at radius 1 is 1.29 bits per heavy atom. The van der Waals surface area contributed by atoms with Gasteiger partial charge in [0.05, 0.1) is 12.7 Å². The number of amides is 1.